The molecule has 0 fully saturated rings. The maximum absolute atomic E-state index is 8.54. The van der Waals surface area contributed by atoms with Crippen LogP contribution in [0.25, 0.3) is 0 Å². The number of nitriles is 2. The van der Waals surface area contributed by atoms with Crippen LogP contribution in [-0.4, -0.2) is 17.0 Å². The van der Waals surface area contributed by atoms with E-state index in [4.69, 9.17) is 10.5 Å². The van der Waals surface area contributed by atoms with Gasteiger partial charge >= 0.3 is 0 Å². The molecule has 0 saturated carbocycles. The zero-order valence-corrected chi connectivity index (χ0v) is 6.37. The average molecular weight is 159 g/mol. The molecule has 58 valence electrons. The summed E-state index contributed by atoms with van der Waals surface area (Å²) in [6.45, 7) is 0. The zero-order chi connectivity index (χ0) is 8.97. The van der Waals surface area contributed by atoms with Crippen molar-refractivity contribution >= 4 is 5.82 Å². The summed E-state index contributed by atoms with van der Waals surface area (Å²) in [5.41, 5.74) is 0.384. The van der Waals surface area contributed by atoms with E-state index in [0.717, 1.165) is 0 Å². The van der Waals surface area contributed by atoms with Crippen molar-refractivity contribution in [2.45, 2.75) is 0 Å². The smallest absolute Gasteiger partial charge is 0.183 e. The van der Waals surface area contributed by atoms with Crippen molar-refractivity contribution in [2.24, 2.45) is 0 Å². The van der Waals surface area contributed by atoms with E-state index in [1.807, 2.05) is 12.1 Å². The maximum atomic E-state index is 8.54. The van der Waals surface area contributed by atoms with Crippen molar-refractivity contribution in [3.63, 3.8) is 0 Å². The predicted octanol–water partition coefficient (Wildman–Crippen LogP) is 0.262. The lowest BCUT2D eigenvalue weighted by Gasteiger charge is -1.99. The fourth-order valence-electron chi connectivity index (χ4n) is 0.699. The molecule has 0 atom stereocenters. The molecule has 1 heterocycles. The highest BCUT2D eigenvalue weighted by Crippen LogP contribution is 2.06. The summed E-state index contributed by atoms with van der Waals surface area (Å²) in [7, 11) is 1.62. The molecular weight excluding hydrogens is 154 g/mol. The van der Waals surface area contributed by atoms with Crippen LogP contribution in [0.1, 0.15) is 11.4 Å². The summed E-state index contributed by atoms with van der Waals surface area (Å²) in [6, 6.07) is 3.68. The Kier molecular flexibility index (Phi) is 2.20. The van der Waals surface area contributed by atoms with Gasteiger partial charge in [0, 0.05) is 7.05 Å². The molecule has 0 aliphatic heterocycles. The van der Waals surface area contributed by atoms with E-state index in [9.17, 15) is 0 Å². The Morgan fingerprint density at radius 3 is 2.67 bits per heavy atom. The van der Waals surface area contributed by atoms with Crippen molar-refractivity contribution in [3.05, 3.63) is 17.6 Å². The molecule has 0 spiro atoms. The van der Waals surface area contributed by atoms with Crippen LogP contribution in [0.3, 0.4) is 0 Å². The number of aromatic nitrogens is 2. The van der Waals surface area contributed by atoms with Crippen LogP contribution in [0.5, 0.6) is 0 Å². The molecule has 0 aliphatic carbocycles. The third-order valence-corrected chi connectivity index (χ3v) is 1.23. The normalized spacial score (nSPS) is 8.25. The van der Waals surface area contributed by atoms with Gasteiger partial charge in [-0.1, -0.05) is 0 Å². The molecule has 5 heteroatoms. The topological polar surface area (TPSA) is 85.4 Å². The van der Waals surface area contributed by atoms with Gasteiger partial charge in [0.15, 0.2) is 17.2 Å². The number of nitrogens with one attached hydrogen (secondary N) is 1. The highest BCUT2D eigenvalue weighted by atomic mass is 15.0. The molecule has 1 aromatic heterocycles. The molecule has 0 radical (unpaired) electrons. The summed E-state index contributed by atoms with van der Waals surface area (Å²) in [5.74, 6) is 0.330. The van der Waals surface area contributed by atoms with Crippen molar-refractivity contribution in [3.8, 4) is 12.1 Å². The summed E-state index contributed by atoms with van der Waals surface area (Å²) in [4.78, 5) is 7.55. The van der Waals surface area contributed by atoms with Gasteiger partial charge in [-0.25, -0.2) is 9.97 Å². The average Bonchev–Trinajstić information content (AvgIpc) is 2.16. The summed E-state index contributed by atoms with van der Waals surface area (Å²) in [6.07, 6.45) is 1.26. The minimum absolute atomic E-state index is 0.191. The van der Waals surface area contributed by atoms with Gasteiger partial charge in [-0.2, -0.15) is 10.5 Å². The van der Waals surface area contributed by atoms with Crippen LogP contribution in [0, 0.1) is 22.7 Å². The quantitative estimate of drug-likeness (QED) is 0.635. The van der Waals surface area contributed by atoms with Gasteiger partial charge in [0.25, 0.3) is 0 Å². The first-order valence-electron chi connectivity index (χ1n) is 3.16. The van der Waals surface area contributed by atoms with Gasteiger partial charge in [0.05, 0.1) is 6.20 Å². The third-order valence-electron chi connectivity index (χ3n) is 1.23. The minimum Gasteiger partial charge on any atom is -0.371 e. The van der Waals surface area contributed by atoms with Gasteiger partial charge in [-0.15, -0.1) is 0 Å². The lowest BCUT2D eigenvalue weighted by atomic mass is 10.4. The van der Waals surface area contributed by atoms with Crippen LogP contribution in [0.2, 0.25) is 0 Å². The van der Waals surface area contributed by atoms with E-state index < -0.39 is 0 Å². The molecule has 0 bridgehead atoms. The lowest BCUT2D eigenvalue weighted by Crippen LogP contribution is -2.00. The Labute approximate surface area is 69.3 Å². The number of hydrogen-bond donors (Lipinski definition) is 1. The van der Waals surface area contributed by atoms with E-state index in [0.29, 0.717) is 5.82 Å². The molecule has 0 aliphatic rings. The first-order chi connectivity index (χ1) is 5.81. The van der Waals surface area contributed by atoms with Crippen molar-refractivity contribution in [1.82, 2.24) is 9.97 Å². The Morgan fingerprint density at radius 1 is 1.42 bits per heavy atom. The molecule has 1 rings (SSSR count). The SMILES string of the molecule is CNc1nc(C#N)cnc1C#N. The zero-order valence-electron chi connectivity index (χ0n) is 6.37. The Bertz CT molecular complexity index is 370. The number of nitrogens with zero attached hydrogens (tertiary/aromatic N) is 4. The molecule has 0 unspecified atom stereocenters. The van der Waals surface area contributed by atoms with E-state index in [-0.39, 0.29) is 11.4 Å². The second-order valence-electron chi connectivity index (χ2n) is 1.93. The summed E-state index contributed by atoms with van der Waals surface area (Å²) >= 11 is 0. The summed E-state index contributed by atoms with van der Waals surface area (Å²) < 4.78 is 0. The van der Waals surface area contributed by atoms with Crippen LogP contribution in [0.4, 0.5) is 5.82 Å². The van der Waals surface area contributed by atoms with E-state index in [2.05, 4.69) is 15.3 Å². The standard InChI is InChI=1S/C7H5N5/c1-10-7-6(3-9)11-4-5(2-8)12-7/h4H,1H3,(H,10,12). The van der Waals surface area contributed by atoms with Gasteiger partial charge in [0.1, 0.15) is 12.1 Å². The fraction of sp³-hybridized carbons (Fsp3) is 0.143. The molecule has 1 N–H and O–H groups in total. The predicted molar refractivity (Wildman–Crippen MR) is 41.0 cm³/mol. The second-order valence-corrected chi connectivity index (χ2v) is 1.93. The number of hydrogen-bond acceptors (Lipinski definition) is 5. The first kappa shape index (κ1) is 7.96. The highest BCUT2D eigenvalue weighted by Gasteiger charge is 2.03. The van der Waals surface area contributed by atoms with E-state index >= 15 is 0 Å². The Balaban J connectivity index is 3.24. The monoisotopic (exact) mass is 159 g/mol. The van der Waals surface area contributed by atoms with Gasteiger partial charge in [0.2, 0.25) is 0 Å². The van der Waals surface area contributed by atoms with Crippen LogP contribution in [0.15, 0.2) is 6.20 Å². The number of anilines is 1. The van der Waals surface area contributed by atoms with Crippen LogP contribution in [-0.2, 0) is 0 Å². The van der Waals surface area contributed by atoms with Crippen LogP contribution < -0.4 is 5.32 Å². The molecule has 0 amide bonds. The molecular formula is C7H5N5. The van der Waals surface area contributed by atoms with Crippen molar-refractivity contribution in [1.29, 1.82) is 10.5 Å². The molecule has 0 saturated heterocycles. The molecule has 5 nitrogen and oxygen atoms in total. The molecule has 1 aromatic rings. The van der Waals surface area contributed by atoms with E-state index in [1.54, 1.807) is 7.05 Å². The third kappa shape index (κ3) is 1.30. The van der Waals surface area contributed by atoms with E-state index in [1.165, 1.54) is 6.20 Å². The van der Waals surface area contributed by atoms with Crippen molar-refractivity contribution < 1.29 is 0 Å². The van der Waals surface area contributed by atoms with Gasteiger partial charge < -0.3 is 5.32 Å². The highest BCUT2D eigenvalue weighted by molar-refractivity contribution is 5.48. The second kappa shape index (κ2) is 3.31. The molecule has 0 aromatic carbocycles. The minimum atomic E-state index is 0.191. The maximum Gasteiger partial charge on any atom is 0.183 e. The van der Waals surface area contributed by atoms with Crippen LogP contribution >= 0.6 is 0 Å². The Morgan fingerprint density at radius 2 is 2.17 bits per heavy atom. The first-order valence-corrected chi connectivity index (χ1v) is 3.16. The van der Waals surface area contributed by atoms with Gasteiger partial charge in [-0.3, -0.25) is 0 Å². The summed E-state index contributed by atoms with van der Waals surface area (Å²) in [5, 5.41) is 19.7. The number of rotatable bonds is 1. The largest absolute Gasteiger partial charge is 0.371 e. The Hall–Kier alpha value is -2.14. The lowest BCUT2D eigenvalue weighted by molar-refractivity contribution is 1.13. The van der Waals surface area contributed by atoms with Crippen molar-refractivity contribution in [2.75, 3.05) is 12.4 Å². The fourth-order valence-corrected chi connectivity index (χ4v) is 0.699. The van der Waals surface area contributed by atoms with Gasteiger partial charge in [-0.05, 0) is 0 Å². The molecule has 12 heavy (non-hydrogen) atoms.